The molecule has 1 heterocycles. The van der Waals surface area contributed by atoms with E-state index in [4.69, 9.17) is 10.5 Å². The van der Waals surface area contributed by atoms with Gasteiger partial charge in [-0.15, -0.1) is 12.4 Å². The predicted molar refractivity (Wildman–Crippen MR) is 89.6 cm³/mol. The summed E-state index contributed by atoms with van der Waals surface area (Å²) in [6.45, 7) is 5.19. The Morgan fingerprint density at radius 3 is 2.80 bits per heavy atom. The van der Waals surface area contributed by atoms with Crippen LogP contribution in [0.25, 0.3) is 0 Å². The van der Waals surface area contributed by atoms with E-state index >= 15 is 0 Å². The predicted octanol–water partition coefficient (Wildman–Crippen LogP) is 3.44. The fourth-order valence-corrected chi connectivity index (χ4v) is 3.38. The lowest BCUT2D eigenvalue weighted by Crippen LogP contribution is -2.45. The molecule has 1 aromatic rings. The van der Waals surface area contributed by atoms with Crippen LogP contribution >= 0.6 is 28.3 Å². The summed E-state index contributed by atoms with van der Waals surface area (Å²) < 4.78 is 6.28. The second kappa shape index (κ2) is 8.23. The fraction of sp³-hybridized carbons (Fsp3) is 0.600. The van der Waals surface area contributed by atoms with E-state index < -0.39 is 0 Å². The van der Waals surface area contributed by atoms with Crippen LogP contribution in [-0.2, 0) is 6.54 Å². The van der Waals surface area contributed by atoms with Crippen molar-refractivity contribution in [2.24, 2.45) is 11.7 Å². The Kier molecular flexibility index (Phi) is 7.30. The van der Waals surface area contributed by atoms with Gasteiger partial charge in [-0.1, -0.05) is 13.0 Å². The van der Waals surface area contributed by atoms with Gasteiger partial charge in [0.2, 0.25) is 0 Å². The zero-order valence-electron chi connectivity index (χ0n) is 12.1. The van der Waals surface area contributed by atoms with Crippen LogP contribution in [0.1, 0.15) is 25.3 Å². The van der Waals surface area contributed by atoms with Crippen molar-refractivity contribution in [1.29, 1.82) is 0 Å². The van der Waals surface area contributed by atoms with Gasteiger partial charge < -0.3 is 10.5 Å². The van der Waals surface area contributed by atoms with Crippen molar-refractivity contribution in [3.05, 3.63) is 28.2 Å². The fourth-order valence-electron chi connectivity index (χ4n) is 2.80. The second-order valence-corrected chi connectivity index (χ2v) is 6.31. The highest BCUT2D eigenvalue weighted by Gasteiger charge is 2.25. The number of piperidine rings is 1. The molecule has 0 bridgehead atoms. The van der Waals surface area contributed by atoms with Gasteiger partial charge in [0.05, 0.1) is 11.6 Å². The topological polar surface area (TPSA) is 38.5 Å². The van der Waals surface area contributed by atoms with Gasteiger partial charge in [-0.05, 0) is 58.9 Å². The number of nitrogens with zero attached hydrogens (tertiary/aromatic N) is 1. The first-order valence-corrected chi connectivity index (χ1v) is 7.70. The van der Waals surface area contributed by atoms with Crippen LogP contribution in [0.15, 0.2) is 22.7 Å². The molecule has 0 aromatic heterocycles. The van der Waals surface area contributed by atoms with Crippen LogP contribution in [0.2, 0.25) is 0 Å². The maximum Gasteiger partial charge on any atom is 0.133 e. The molecule has 20 heavy (non-hydrogen) atoms. The lowest BCUT2D eigenvalue weighted by molar-refractivity contribution is 0.115. The summed E-state index contributed by atoms with van der Waals surface area (Å²) in [5.41, 5.74) is 7.22. The molecule has 0 saturated carbocycles. The molecule has 1 aliphatic rings. The number of ether oxygens (including phenoxy) is 1. The van der Waals surface area contributed by atoms with Gasteiger partial charge >= 0.3 is 0 Å². The van der Waals surface area contributed by atoms with Crippen molar-refractivity contribution in [2.45, 2.75) is 32.4 Å². The van der Waals surface area contributed by atoms with E-state index in [1.165, 1.54) is 18.4 Å². The van der Waals surface area contributed by atoms with Gasteiger partial charge in [-0.25, -0.2) is 0 Å². The maximum absolute atomic E-state index is 5.91. The molecule has 0 amide bonds. The van der Waals surface area contributed by atoms with Crippen LogP contribution in [0, 0.1) is 5.92 Å². The molecule has 0 aliphatic carbocycles. The molecule has 1 aromatic carbocycles. The molecular weight excluding hydrogens is 340 g/mol. The summed E-state index contributed by atoms with van der Waals surface area (Å²) in [6.07, 6.45) is 2.49. The van der Waals surface area contributed by atoms with Crippen LogP contribution in [0.4, 0.5) is 0 Å². The zero-order valence-corrected chi connectivity index (χ0v) is 14.5. The summed E-state index contributed by atoms with van der Waals surface area (Å²) >= 11 is 3.55. The number of methoxy groups -OCH3 is 1. The molecule has 0 radical (unpaired) electrons. The molecule has 3 nitrogen and oxygen atoms in total. The highest BCUT2D eigenvalue weighted by Crippen LogP contribution is 2.28. The average Bonchev–Trinajstić information content (AvgIpc) is 2.41. The minimum absolute atomic E-state index is 0. The largest absolute Gasteiger partial charge is 0.496 e. The Hall–Kier alpha value is -0.290. The van der Waals surface area contributed by atoms with Crippen molar-refractivity contribution in [3.63, 3.8) is 0 Å². The molecule has 1 fully saturated rings. The zero-order chi connectivity index (χ0) is 13.8. The summed E-state index contributed by atoms with van der Waals surface area (Å²) in [6, 6.07) is 6.81. The minimum atomic E-state index is 0. The van der Waals surface area contributed by atoms with E-state index in [1.54, 1.807) is 7.11 Å². The smallest absolute Gasteiger partial charge is 0.133 e. The molecule has 114 valence electrons. The van der Waals surface area contributed by atoms with Gasteiger partial charge in [-0.3, -0.25) is 4.90 Å². The standard InChI is InChI=1S/C15H23BrN2O.ClH/c1-11-5-6-18(13(7-11)9-17)10-12-3-4-15(19-2)14(16)8-12;/h3-4,8,11,13H,5-7,9-10,17H2,1-2H3;1H. The lowest BCUT2D eigenvalue weighted by atomic mass is 9.92. The maximum atomic E-state index is 5.91. The SMILES string of the molecule is COc1ccc(CN2CCC(C)CC2CN)cc1Br.Cl. The molecule has 0 spiro atoms. The minimum Gasteiger partial charge on any atom is -0.496 e. The average molecular weight is 364 g/mol. The van der Waals surface area contributed by atoms with Gasteiger partial charge in [0.15, 0.2) is 0 Å². The molecule has 5 heteroatoms. The van der Waals surface area contributed by atoms with Crippen molar-refractivity contribution in [2.75, 3.05) is 20.2 Å². The Morgan fingerprint density at radius 2 is 2.20 bits per heavy atom. The number of rotatable bonds is 4. The second-order valence-electron chi connectivity index (χ2n) is 5.46. The third kappa shape index (κ3) is 4.35. The number of nitrogens with two attached hydrogens (primary N) is 1. The third-order valence-corrected chi connectivity index (χ3v) is 4.59. The van der Waals surface area contributed by atoms with E-state index in [0.717, 1.165) is 35.8 Å². The summed E-state index contributed by atoms with van der Waals surface area (Å²) in [5.74, 6) is 1.68. The van der Waals surface area contributed by atoms with Crippen molar-refractivity contribution < 1.29 is 4.74 Å². The lowest BCUT2D eigenvalue weighted by Gasteiger charge is -2.38. The number of halogens is 2. The van der Waals surface area contributed by atoms with Gasteiger partial charge in [-0.2, -0.15) is 0 Å². The Balaban J connectivity index is 0.00000200. The van der Waals surface area contributed by atoms with Crippen LogP contribution in [0.3, 0.4) is 0 Å². The molecule has 2 atom stereocenters. The first-order chi connectivity index (χ1) is 9.13. The Bertz CT molecular complexity index is 430. The Labute approximate surface area is 136 Å². The first kappa shape index (κ1) is 17.8. The van der Waals surface area contributed by atoms with E-state index in [0.29, 0.717) is 6.04 Å². The van der Waals surface area contributed by atoms with Gasteiger partial charge in [0.25, 0.3) is 0 Å². The van der Waals surface area contributed by atoms with Crippen LogP contribution in [0.5, 0.6) is 5.75 Å². The summed E-state index contributed by atoms with van der Waals surface area (Å²) in [5, 5.41) is 0. The third-order valence-electron chi connectivity index (χ3n) is 3.97. The highest BCUT2D eigenvalue weighted by molar-refractivity contribution is 9.10. The first-order valence-electron chi connectivity index (χ1n) is 6.90. The van der Waals surface area contributed by atoms with Crippen LogP contribution < -0.4 is 10.5 Å². The van der Waals surface area contributed by atoms with Crippen LogP contribution in [-0.4, -0.2) is 31.1 Å². The molecular formula is C15H24BrClN2O. The van der Waals surface area contributed by atoms with E-state index in [-0.39, 0.29) is 12.4 Å². The number of hydrogen-bond donors (Lipinski definition) is 1. The van der Waals surface area contributed by atoms with Crippen molar-refractivity contribution in [3.8, 4) is 5.75 Å². The van der Waals surface area contributed by atoms with E-state index in [1.807, 2.05) is 6.07 Å². The monoisotopic (exact) mass is 362 g/mol. The van der Waals surface area contributed by atoms with Crippen molar-refractivity contribution >= 4 is 28.3 Å². The molecule has 1 aliphatic heterocycles. The van der Waals surface area contributed by atoms with E-state index in [9.17, 15) is 0 Å². The molecule has 2 N–H and O–H groups in total. The van der Waals surface area contributed by atoms with Crippen molar-refractivity contribution in [1.82, 2.24) is 4.90 Å². The number of likely N-dealkylation sites (tertiary alicyclic amines) is 1. The molecule has 1 saturated heterocycles. The highest BCUT2D eigenvalue weighted by atomic mass is 79.9. The van der Waals surface area contributed by atoms with Gasteiger partial charge in [0.1, 0.15) is 5.75 Å². The quantitative estimate of drug-likeness (QED) is 0.890. The molecule has 2 rings (SSSR count). The number of benzene rings is 1. The van der Waals surface area contributed by atoms with Gasteiger partial charge in [0, 0.05) is 19.1 Å². The number of hydrogen-bond acceptors (Lipinski definition) is 3. The molecule has 2 unspecified atom stereocenters. The summed E-state index contributed by atoms with van der Waals surface area (Å²) in [4.78, 5) is 2.51. The Morgan fingerprint density at radius 1 is 1.45 bits per heavy atom. The van der Waals surface area contributed by atoms with E-state index in [2.05, 4.69) is 39.9 Å². The summed E-state index contributed by atoms with van der Waals surface area (Å²) in [7, 11) is 1.69. The normalized spacial score (nSPS) is 23.2.